The molecule has 0 nitrogen and oxygen atoms in total. The summed E-state index contributed by atoms with van der Waals surface area (Å²) in [4.78, 5) is 0. The maximum absolute atomic E-state index is 13.0. The van der Waals surface area contributed by atoms with Gasteiger partial charge in [-0.05, 0) is 102 Å². The number of alkyl halides is 3. The number of halogens is 3. The summed E-state index contributed by atoms with van der Waals surface area (Å²) in [6.07, 6.45) is 2.07. The molecule has 0 spiro atoms. The minimum absolute atomic E-state index is 0.716. The first kappa shape index (κ1) is 33.4. The van der Waals surface area contributed by atoms with Gasteiger partial charge >= 0.3 is 6.18 Å². The Bertz CT molecular complexity index is 2530. The van der Waals surface area contributed by atoms with Crippen molar-refractivity contribution in [3.05, 3.63) is 192 Å². The molecular weight excluding hydrogens is 634 g/mol. The SMILES string of the molecule is C=C=C(/C=C\c1ccc(/C=C\C(=C)C(F)(F)F)c(C)c1C)c1ccc(-c2c3ccccc3c(-c3ccccc3)c3ccccc23)c2ccccc12. The summed E-state index contributed by atoms with van der Waals surface area (Å²) in [5.41, 5.74) is 12.5. The van der Waals surface area contributed by atoms with Gasteiger partial charge in [0.05, 0.1) is 0 Å². The second kappa shape index (κ2) is 13.6. The molecule has 7 rings (SSSR count). The molecule has 0 aliphatic heterocycles. The van der Waals surface area contributed by atoms with E-state index in [0.29, 0.717) is 5.56 Å². The van der Waals surface area contributed by atoms with Gasteiger partial charge in [0.25, 0.3) is 0 Å². The first-order chi connectivity index (χ1) is 24.7. The molecule has 0 aliphatic rings. The Kier molecular flexibility index (Phi) is 8.92. The van der Waals surface area contributed by atoms with E-state index in [1.54, 1.807) is 0 Å². The van der Waals surface area contributed by atoms with Crippen LogP contribution >= 0.6 is 0 Å². The van der Waals surface area contributed by atoms with Gasteiger partial charge in [0.2, 0.25) is 0 Å². The van der Waals surface area contributed by atoms with E-state index >= 15 is 0 Å². The van der Waals surface area contributed by atoms with Gasteiger partial charge in [-0.1, -0.05) is 159 Å². The van der Waals surface area contributed by atoms with E-state index in [2.05, 4.69) is 134 Å². The zero-order valence-electron chi connectivity index (χ0n) is 28.5. The quantitative estimate of drug-likeness (QED) is 0.0901. The van der Waals surface area contributed by atoms with Crippen LogP contribution in [0.3, 0.4) is 0 Å². The van der Waals surface area contributed by atoms with Gasteiger partial charge in [0.15, 0.2) is 0 Å². The third-order valence-corrected chi connectivity index (χ3v) is 9.80. The van der Waals surface area contributed by atoms with Gasteiger partial charge in [0.1, 0.15) is 0 Å². The van der Waals surface area contributed by atoms with E-state index in [-0.39, 0.29) is 0 Å². The summed E-state index contributed by atoms with van der Waals surface area (Å²) in [7, 11) is 0. The molecule has 3 heteroatoms. The molecule has 0 saturated carbocycles. The van der Waals surface area contributed by atoms with Crippen LogP contribution in [-0.2, 0) is 0 Å². The fourth-order valence-electron chi connectivity index (χ4n) is 7.01. The second-order valence-corrected chi connectivity index (χ2v) is 12.7. The van der Waals surface area contributed by atoms with E-state index in [9.17, 15) is 13.2 Å². The maximum atomic E-state index is 13.0. The van der Waals surface area contributed by atoms with E-state index in [4.69, 9.17) is 0 Å². The summed E-state index contributed by atoms with van der Waals surface area (Å²) in [6.45, 7) is 11.1. The molecule has 248 valence electrons. The Morgan fingerprint density at radius 2 is 1.02 bits per heavy atom. The highest BCUT2D eigenvalue weighted by Crippen LogP contribution is 2.46. The standard InChI is InChI=1S/C48H35F3/c1-5-34(25-26-36-28-27-35(32(3)33(36)4)24-23-31(2)48(49,50)51)38-29-30-45(40-18-10-9-17-39(38)40)47-43-21-13-11-19-41(43)46(37-15-7-6-8-16-37)42-20-12-14-22-44(42)47/h6-30H,1-2H2,3-4H3/b24-23-,26-25-. The Balaban J connectivity index is 1.34. The molecule has 0 fully saturated rings. The average molecular weight is 669 g/mol. The van der Waals surface area contributed by atoms with Gasteiger partial charge in [-0.2, -0.15) is 13.2 Å². The molecule has 51 heavy (non-hydrogen) atoms. The molecule has 0 saturated heterocycles. The van der Waals surface area contributed by atoms with Crippen LogP contribution in [0.15, 0.2) is 164 Å². The summed E-state index contributed by atoms with van der Waals surface area (Å²) < 4.78 is 38.9. The van der Waals surface area contributed by atoms with Crippen molar-refractivity contribution in [3.8, 4) is 22.3 Å². The van der Waals surface area contributed by atoms with Crippen molar-refractivity contribution in [1.82, 2.24) is 0 Å². The van der Waals surface area contributed by atoms with Crippen molar-refractivity contribution >= 4 is 50.0 Å². The number of hydrogen-bond acceptors (Lipinski definition) is 0. The second-order valence-electron chi connectivity index (χ2n) is 12.7. The van der Waals surface area contributed by atoms with Crippen LogP contribution in [-0.4, -0.2) is 6.18 Å². The molecular formula is C48H35F3. The first-order valence-electron chi connectivity index (χ1n) is 16.8. The van der Waals surface area contributed by atoms with Crippen LogP contribution in [0.4, 0.5) is 13.2 Å². The Morgan fingerprint density at radius 1 is 0.549 bits per heavy atom. The van der Waals surface area contributed by atoms with Crippen molar-refractivity contribution < 1.29 is 13.2 Å². The van der Waals surface area contributed by atoms with Crippen molar-refractivity contribution in [2.45, 2.75) is 20.0 Å². The van der Waals surface area contributed by atoms with Gasteiger partial charge < -0.3 is 0 Å². The topological polar surface area (TPSA) is 0 Å². The van der Waals surface area contributed by atoms with Crippen LogP contribution < -0.4 is 0 Å². The van der Waals surface area contributed by atoms with E-state index in [1.807, 2.05) is 38.1 Å². The minimum Gasteiger partial charge on any atom is -0.166 e. The van der Waals surface area contributed by atoms with Crippen LogP contribution in [0.2, 0.25) is 0 Å². The molecule has 7 aromatic carbocycles. The van der Waals surface area contributed by atoms with Gasteiger partial charge in [-0.3, -0.25) is 0 Å². The van der Waals surface area contributed by atoms with Crippen molar-refractivity contribution in [2.24, 2.45) is 0 Å². The highest BCUT2D eigenvalue weighted by atomic mass is 19.4. The molecule has 7 aromatic rings. The summed E-state index contributed by atoms with van der Waals surface area (Å²) in [6, 6.07) is 44.5. The predicted molar refractivity (Wildman–Crippen MR) is 212 cm³/mol. The average Bonchev–Trinajstić information content (AvgIpc) is 3.15. The molecule has 0 amide bonds. The van der Waals surface area contributed by atoms with Crippen LogP contribution in [0.5, 0.6) is 0 Å². The smallest absolute Gasteiger partial charge is 0.166 e. The van der Waals surface area contributed by atoms with Crippen molar-refractivity contribution in [3.63, 3.8) is 0 Å². The maximum Gasteiger partial charge on any atom is 0.415 e. The monoisotopic (exact) mass is 668 g/mol. The first-order valence-corrected chi connectivity index (χ1v) is 16.8. The number of benzene rings is 7. The highest BCUT2D eigenvalue weighted by molar-refractivity contribution is 6.24. The Labute approximate surface area is 296 Å². The summed E-state index contributed by atoms with van der Waals surface area (Å²) in [5, 5.41) is 7.01. The number of rotatable bonds is 7. The van der Waals surface area contributed by atoms with Crippen LogP contribution in [0.25, 0.3) is 72.3 Å². The zero-order chi connectivity index (χ0) is 35.7. The van der Waals surface area contributed by atoms with Crippen molar-refractivity contribution in [1.29, 1.82) is 0 Å². The normalized spacial score (nSPS) is 11.9. The minimum atomic E-state index is -4.45. The molecule has 0 aliphatic carbocycles. The molecule has 0 atom stereocenters. The van der Waals surface area contributed by atoms with Crippen molar-refractivity contribution in [2.75, 3.05) is 0 Å². The fourth-order valence-corrected chi connectivity index (χ4v) is 7.01. The Hall–Kier alpha value is -6.15. The van der Waals surface area contributed by atoms with Gasteiger partial charge in [-0.25, -0.2) is 0 Å². The molecule has 0 radical (unpaired) electrons. The lowest BCUT2D eigenvalue weighted by molar-refractivity contribution is -0.0877. The number of hydrogen-bond donors (Lipinski definition) is 0. The fraction of sp³-hybridized carbons (Fsp3) is 0.0625. The van der Waals surface area contributed by atoms with Gasteiger partial charge in [0, 0.05) is 11.1 Å². The molecule has 0 bridgehead atoms. The molecule has 0 unspecified atom stereocenters. The lowest BCUT2D eigenvalue weighted by Crippen LogP contribution is -2.08. The molecule has 0 heterocycles. The van der Waals surface area contributed by atoms with E-state index < -0.39 is 11.7 Å². The predicted octanol–water partition coefficient (Wildman–Crippen LogP) is 14.1. The molecule has 0 N–H and O–H groups in total. The number of allylic oxidation sites excluding steroid dienone is 4. The summed E-state index contributed by atoms with van der Waals surface area (Å²) in [5.74, 6) is 0. The van der Waals surface area contributed by atoms with E-state index in [1.165, 1.54) is 44.3 Å². The summed E-state index contributed by atoms with van der Waals surface area (Å²) >= 11 is 0. The zero-order valence-corrected chi connectivity index (χ0v) is 28.5. The largest absolute Gasteiger partial charge is 0.415 e. The van der Waals surface area contributed by atoms with Crippen LogP contribution in [0.1, 0.15) is 27.8 Å². The lowest BCUT2D eigenvalue weighted by atomic mass is 9.84. The lowest BCUT2D eigenvalue weighted by Gasteiger charge is -2.19. The van der Waals surface area contributed by atoms with Gasteiger partial charge in [-0.15, -0.1) is 5.73 Å². The van der Waals surface area contributed by atoms with Crippen LogP contribution in [0, 0.1) is 13.8 Å². The molecule has 0 aromatic heterocycles. The Morgan fingerprint density at radius 3 is 1.55 bits per heavy atom. The van der Waals surface area contributed by atoms with E-state index in [0.717, 1.165) is 50.2 Å². The third kappa shape index (κ3) is 6.25. The highest BCUT2D eigenvalue weighted by Gasteiger charge is 2.29. The number of fused-ring (bicyclic) bond motifs is 3. The third-order valence-electron chi connectivity index (χ3n) is 9.80.